The number of sulfonamides is 1. The summed E-state index contributed by atoms with van der Waals surface area (Å²) < 4.78 is 33.4. The summed E-state index contributed by atoms with van der Waals surface area (Å²) in [6.07, 6.45) is 3.80. The molecule has 1 atom stereocenters. The van der Waals surface area contributed by atoms with E-state index in [1.807, 2.05) is 19.1 Å². The Morgan fingerprint density at radius 2 is 2.03 bits per heavy atom. The molecule has 1 fully saturated rings. The quantitative estimate of drug-likeness (QED) is 0.553. The number of amides is 1. The molecule has 0 spiro atoms. The predicted octanol–water partition coefficient (Wildman–Crippen LogP) is 2.82. The largest absolute Gasteiger partial charge is 0.376 e. The van der Waals surface area contributed by atoms with Gasteiger partial charge in [0.25, 0.3) is 15.9 Å². The van der Waals surface area contributed by atoms with E-state index in [-0.39, 0.29) is 21.9 Å². The van der Waals surface area contributed by atoms with Gasteiger partial charge in [0.1, 0.15) is 5.56 Å². The lowest BCUT2D eigenvalue weighted by Crippen LogP contribution is -2.34. The number of pyridine rings is 1. The van der Waals surface area contributed by atoms with Gasteiger partial charge in [-0.3, -0.25) is 13.9 Å². The number of hydrogen-bond donors (Lipinski definition) is 2. The predicted molar refractivity (Wildman–Crippen MR) is 127 cm³/mol. The van der Waals surface area contributed by atoms with Gasteiger partial charge in [-0.15, -0.1) is 0 Å². The highest BCUT2D eigenvalue weighted by molar-refractivity contribution is 7.92. The molecule has 1 saturated heterocycles. The molecule has 2 N–H and O–H groups in total. The first-order valence-electron chi connectivity index (χ1n) is 10.9. The molecule has 4 rings (SSSR count). The molecular formula is C24H27N3O5S. The van der Waals surface area contributed by atoms with Crippen molar-refractivity contribution in [3.8, 4) is 0 Å². The number of nitrogens with one attached hydrogen (secondary N) is 2. The summed E-state index contributed by atoms with van der Waals surface area (Å²) >= 11 is 0. The lowest BCUT2D eigenvalue weighted by molar-refractivity contribution is 0.0857. The topological polar surface area (TPSA) is 109 Å². The van der Waals surface area contributed by atoms with Gasteiger partial charge in [-0.1, -0.05) is 25.1 Å². The highest BCUT2D eigenvalue weighted by Gasteiger charge is 2.24. The van der Waals surface area contributed by atoms with Crippen LogP contribution < -0.4 is 15.1 Å². The molecule has 0 radical (unpaired) electrons. The summed E-state index contributed by atoms with van der Waals surface area (Å²) in [6.45, 7) is 2.96. The van der Waals surface area contributed by atoms with Gasteiger partial charge in [0, 0.05) is 37.3 Å². The van der Waals surface area contributed by atoms with E-state index in [9.17, 15) is 18.0 Å². The molecular weight excluding hydrogens is 442 g/mol. The maximum atomic E-state index is 13.3. The molecule has 0 bridgehead atoms. The lowest BCUT2D eigenvalue weighted by atomic mass is 10.1. The Labute approximate surface area is 192 Å². The second-order valence-electron chi connectivity index (χ2n) is 8.04. The third-order valence-electron chi connectivity index (χ3n) is 5.98. The molecule has 33 heavy (non-hydrogen) atoms. The number of carbonyl (C=O) groups excluding carboxylic acids is 1. The minimum Gasteiger partial charge on any atom is -0.376 e. The SMILES string of the molecule is CCc1ccccc1N(C)S(=O)(=O)c1ccc2[nH]cc(C(=O)NCC3CCCO3)c(=O)c2c1. The molecule has 1 aromatic heterocycles. The molecule has 2 heterocycles. The van der Waals surface area contributed by atoms with Crippen molar-refractivity contribution in [1.82, 2.24) is 10.3 Å². The van der Waals surface area contributed by atoms with Crippen LogP contribution in [0.2, 0.25) is 0 Å². The first-order chi connectivity index (χ1) is 15.8. The van der Waals surface area contributed by atoms with Gasteiger partial charge in [-0.2, -0.15) is 0 Å². The summed E-state index contributed by atoms with van der Waals surface area (Å²) in [5.41, 5.74) is 1.33. The van der Waals surface area contributed by atoms with E-state index in [0.717, 1.165) is 18.4 Å². The number of benzene rings is 2. The number of rotatable bonds is 7. The van der Waals surface area contributed by atoms with Gasteiger partial charge in [-0.25, -0.2) is 8.42 Å². The van der Waals surface area contributed by atoms with E-state index in [0.29, 0.717) is 30.8 Å². The Hall–Kier alpha value is -3.17. The third-order valence-corrected chi connectivity index (χ3v) is 7.75. The Morgan fingerprint density at radius 1 is 1.24 bits per heavy atom. The normalized spacial score (nSPS) is 16.1. The van der Waals surface area contributed by atoms with Crippen LogP contribution in [0.1, 0.15) is 35.7 Å². The molecule has 1 unspecified atom stereocenters. The number of hydrogen-bond acceptors (Lipinski definition) is 5. The molecule has 174 valence electrons. The highest BCUT2D eigenvalue weighted by atomic mass is 32.2. The second kappa shape index (κ2) is 9.36. The van der Waals surface area contributed by atoms with E-state index in [1.165, 1.54) is 35.7 Å². The van der Waals surface area contributed by atoms with Crippen molar-refractivity contribution < 1.29 is 17.9 Å². The molecule has 2 aromatic carbocycles. The van der Waals surface area contributed by atoms with Crippen LogP contribution in [0.3, 0.4) is 0 Å². The fourth-order valence-corrected chi connectivity index (χ4v) is 5.30. The fourth-order valence-electron chi connectivity index (χ4n) is 4.04. The average Bonchev–Trinajstić information content (AvgIpc) is 3.36. The maximum Gasteiger partial charge on any atom is 0.264 e. The minimum absolute atomic E-state index is 0.0224. The number of ether oxygens (including phenoxy) is 1. The Morgan fingerprint density at radius 3 is 2.76 bits per heavy atom. The van der Waals surface area contributed by atoms with Crippen LogP contribution in [0, 0.1) is 0 Å². The van der Waals surface area contributed by atoms with Crippen molar-refractivity contribution in [3.05, 3.63) is 70.0 Å². The number of para-hydroxylation sites is 1. The third kappa shape index (κ3) is 4.51. The van der Waals surface area contributed by atoms with Crippen molar-refractivity contribution in [2.24, 2.45) is 0 Å². The number of aryl methyl sites for hydroxylation is 1. The number of carbonyl (C=O) groups is 1. The molecule has 0 saturated carbocycles. The Kier molecular flexibility index (Phi) is 6.53. The van der Waals surface area contributed by atoms with Gasteiger partial charge < -0.3 is 15.0 Å². The molecule has 3 aromatic rings. The van der Waals surface area contributed by atoms with Crippen LogP contribution in [0.25, 0.3) is 10.9 Å². The molecule has 1 aliphatic heterocycles. The van der Waals surface area contributed by atoms with E-state index in [1.54, 1.807) is 12.1 Å². The number of aromatic amines is 1. The van der Waals surface area contributed by atoms with Gasteiger partial charge in [-0.05, 0) is 49.1 Å². The second-order valence-corrected chi connectivity index (χ2v) is 10.0. The number of anilines is 1. The zero-order valence-electron chi connectivity index (χ0n) is 18.6. The zero-order chi connectivity index (χ0) is 23.6. The van der Waals surface area contributed by atoms with Crippen molar-refractivity contribution in [2.75, 3.05) is 24.5 Å². The van der Waals surface area contributed by atoms with E-state index >= 15 is 0 Å². The van der Waals surface area contributed by atoms with Crippen molar-refractivity contribution in [2.45, 2.75) is 37.2 Å². The fraction of sp³-hybridized carbons (Fsp3) is 0.333. The lowest BCUT2D eigenvalue weighted by Gasteiger charge is -2.22. The molecule has 1 aliphatic rings. The van der Waals surface area contributed by atoms with Gasteiger partial charge in [0.2, 0.25) is 5.43 Å². The molecule has 1 amide bonds. The first kappa shape index (κ1) is 23.0. The van der Waals surface area contributed by atoms with Crippen molar-refractivity contribution >= 4 is 32.5 Å². The summed E-state index contributed by atoms with van der Waals surface area (Å²) in [4.78, 5) is 28.6. The summed E-state index contributed by atoms with van der Waals surface area (Å²) in [5, 5.41) is 2.87. The van der Waals surface area contributed by atoms with E-state index < -0.39 is 21.4 Å². The van der Waals surface area contributed by atoms with Gasteiger partial charge in [0.05, 0.1) is 16.7 Å². The van der Waals surface area contributed by atoms with Crippen LogP contribution in [-0.2, 0) is 21.2 Å². The Balaban J connectivity index is 1.67. The number of aromatic nitrogens is 1. The average molecular weight is 470 g/mol. The van der Waals surface area contributed by atoms with Crippen LogP contribution in [0.15, 0.2) is 58.4 Å². The minimum atomic E-state index is -3.92. The molecule has 9 heteroatoms. The van der Waals surface area contributed by atoms with Crippen LogP contribution in [0.4, 0.5) is 5.69 Å². The monoisotopic (exact) mass is 469 g/mol. The summed E-state index contributed by atoms with van der Waals surface area (Å²) in [5.74, 6) is -0.518. The summed E-state index contributed by atoms with van der Waals surface area (Å²) in [6, 6.07) is 11.6. The van der Waals surface area contributed by atoms with E-state index in [4.69, 9.17) is 4.74 Å². The maximum absolute atomic E-state index is 13.3. The number of nitrogens with zero attached hydrogens (tertiary/aromatic N) is 1. The zero-order valence-corrected chi connectivity index (χ0v) is 19.4. The van der Waals surface area contributed by atoms with Crippen LogP contribution in [-0.4, -0.2) is 45.6 Å². The molecule has 8 nitrogen and oxygen atoms in total. The van der Waals surface area contributed by atoms with Crippen LogP contribution >= 0.6 is 0 Å². The number of H-pyrrole nitrogens is 1. The summed E-state index contributed by atoms with van der Waals surface area (Å²) in [7, 11) is -2.43. The molecule has 0 aliphatic carbocycles. The Bertz CT molecular complexity index is 1340. The highest BCUT2D eigenvalue weighted by Crippen LogP contribution is 2.27. The van der Waals surface area contributed by atoms with Crippen LogP contribution in [0.5, 0.6) is 0 Å². The van der Waals surface area contributed by atoms with Crippen molar-refractivity contribution in [1.29, 1.82) is 0 Å². The van der Waals surface area contributed by atoms with Gasteiger partial charge in [0.15, 0.2) is 0 Å². The van der Waals surface area contributed by atoms with E-state index in [2.05, 4.69) is 10.3 Å². The smallest absolute Gasteiger partial charge is 0.264 e. The van der Waals surface area contributed by atoms with Gasteiger partial charge >= 0.3 is 0 Å². The standard InChI is InChI=1S/C24H27N3O5S/c1-3-16-7-4-5-9-22(16)27(2)33(30,31)18-10-11-21-19(13-18)23(28)20(15-25-21)24(29)26-14-17-8-6-12-32-17/h4-5,7,9-11,13,15,17H,3,6,8,12,14H2,1-2H3,(H,25,28)(H,26,29). The number of fused-ring (bicyclic) bond motifs is 1. The van der Waals surface area contributed by atoms with Crippen molar-refractivity contribution in [3.63, 3.8) is 0 Å². The first-order valence-corrected chi connectivity index (χ1v) is 12.4.